The maximum atomic E-state index is 16.6. The molecule has 10 aromatic rings. The van der Waals surface area contributed by atoms with Gasteiger partial charge in [0, 0.05) is 50.2 Å². The van der Waals surface area contributed by atoms with Crippen LogP contribution in [-0.4, -0.2) is 9.97 Å². The van der Waals surface area contributed by atoms with Gasteiger partial charge in [-0.3, -0.25) is 9.97 Å². The first-order valence-electron chi connectivity index (χ1n) is 16.8. The molecule has 0 bridgehead atoms. The lowest BCUT2D eigenvalue weighted by molar-refractivity contribution is 0.592. The average Bonchev–Trinajstić information content (AvgIpc) is 3.19. The lowest BCUT2D eigenvalue weighted by Gasteiger charge is -2.24. The molecule has 0 saturated heterocycles. The topological polar surface area (TPSA) is 42.9 Å². The summed E-state index contributed by atoms with van der Waals surface area (Å²) < 4.78 is 16.6. The van der Waals surface area contributed by atoms with Crippen LogP contribution in [0.25, 0.3) is 76.4 Å². The van der Waals surface area contributed by atoms with Crippen LogP contribution in [0.1, 0.15) is 0 Å². The number of aromatic nitrogens is 2. The predicted octanol–water partition coefficient (Wildman–Crippen LogP) is 10.7. The Balaban J connectivity index is 1.27. The van der Waals surface area contributed by atoms with E-state index in [1.165, 1.54) is 16.2 Å². The molecule has 2 heterocycles. The zero-order valence-corrected chi connectivity index (χ0v) is 27.9. The molecule has 0 N–H and O–H groups in total. The molecule has 0 unspecified atom stereocenters. The molecule has 8 aromatic carbocycles. The molecule has 0 amide bonds. The summed E-state index contributed by atoms with van der Waals surface area (Å²) in [4.78, 5) is 9.67. The zero-order valence-electron chi connectivity index (χ0n) is 27.0. The van der Waals surface area contributed by atoms with E-state index in [9.17, 15) is 0 Å². The highest BCUT2D eigenvalue weighted by Gasteiger charge is 2.33. The van der Waals surface area contributed by atoms with Crippen LogP contribution in [0.2, 0.25) is 0 Å². The van der Waals surface area contributed by atoms with E-state index in [1.807, 2.05) is 73.1 Å². The summed E-state index contributed by atoms with van der Waals surface area (Å²) >= 11 is 0. The first kappa shape index (κ1) is 28.8. The van der Waals surface area contributed by atoms with E-state index >= 15 is 4.57 Å². The van der Waals surface area contributed by atoms with Gasteiger partial charge in [0.15, 0.2) is 7.14 Å². The molecule has 3 nitrogen and oxygen atoms in total. The van der Waals surface area contributed by atoms with E-state index < -0.39 is 7.14 Å². The number of fused-ring (bicyclic) bond motifs is 2. The number of hydrogen-bond donors (Lipinski definition) is 0. The van der Waals surface area contributed by atoms with Gasteiger partial charge in [-0.2, -0.15) is 0 Å². The molecule has 0 aliphatic rings. The molecule has 234 valence electrons. The lowest BCUT2D eigenvalue weighted by Crippen LogP contribution is -2.26. The third-order valence-electron chi connectivity index (χ3n) is 10.2. The molecule has 0 saturated carbocycles. The van der Waals surface area contributed by atoms with Crippen molar-refractivity contribution in [2.24, 2.45) is 0 Å². The fraction of sp³-hybridized carbons (Fsp3) is 0. The summed E-state index contributed by atoms with van der Waals surface area (Å²) in [6.07, 6.45) is 3.71. The minimum atomic E-state index is -3.51. The van der Waals surface area contributed by atoms with Crippen molar-refractivity contribution in [2.45, 2.75) is 0 Å². The summed E-state index contributed by atoms with van der Waals surface area (Å²) in [7, 11) is -3.51. The summed E-state index contributed by atoms with van der Waals surface area (Å²) in [6, 6.07) is 56.4. The van der Waals surface area contributed by atoms with Crippen LogP contribution in [0, 0.1) is 0 Å². The Bertz CT molecular complexity index is 2830. The molecule has 0 aliphatic heterocycles. The van der Waals surface area contributed by atoms with Crippen molar-refractivity contribution in [3.05, 3.63) is 176 Å². The van der Waals surface area contributed by atoms with Gasteiger partial charge >= 0.3 is 0 Å². The van der Waals surface area contributed by atoms with E-state index in [4.69, 9.17) is 9.97 Å². The number of benzene rings is 8. The van der Waals surface area contributed by atoms with Crippen molar-refractivity contribution in [1.82, 2.24) is 9.97 Å². The highest BCUT2D eigenvalue weighted by atomic mass is 31.2. The van der Waals surface area contributed by atoms with Gasteiger partial charge < -0.3 is 4.57 Å². The smallest absolute Gasteiger partial charge is 0.171 e. The normalized spacial score (nSPS) is 12.1. The SMILES string of the molecule is O=P(c1cccc(-c2nccc3ccccc23)c1)(c1cccc(-c2nccc3ccccc23)c1)c1ccc2ccc3cccc4ccc1c2c34. The Kier molecular flexibility index (Phi) is 6.46. The Morgan fingerprint density at radius 2 is 0.860 bits per heavy atom. The predicted molar refractivity (Wildman–Crippen MR) is 211 cm³/mol. The maximum Gasteiger partial charge on any atom is 0.171 e. The molecule has 0 fully saturated rings. The molecular formula is C46H29N2OP. The van der Waals surface area contributed by atoms with Crippen molar-refractivity contribution in [2.75, 3.05) is 0 Å². The zero-order chi connectivity index (χ0) is 33.2. The van der Waals surface area contributed by atoms with Crippen LogP contribution in [-0.2, 0) is 4.57 Å². The first-order valence-corrected chi connectivity index (χ1v) is 18.5. The van der Waals surface area contributed by atoms with E-state index in [0.717, 1.165) is 76.1 Å². The summed E-state index contributed by atoms with van der Waals surface area (Å²) in [5.74, 6) is 0. The molecule has 0 radical (unpaired) electrons. The van der Waals surface area contributed by atoms with Gasteiger partial charge in [-0.25, -0.2) is 0 Å². The Morgan fingerprint density at radius 1 is 0.380 bits per heavy atom. The van der Waals surface area contributed by atoms with Gasteiger partial charge in [0.05, 0.1) is 11.4 Å². The summed E-state index contributed by atoms with van der Waals surface area (Å²) in [5.41, 5.74) is 3.62. The molecule has 0 aliphatic carbocycles. The second-order valence-electron chi connectivity index (χ2n) is 12.9. The molecule has 0 atom stereocenters. The van der Waals surface area contributed by atoms with Crippen LogP contribution in [0.3, 0.4) is 0 Å². The molecular weight excluding hydrogens is 627 g/mol. The number of rotatable bonds is 5. The van der Waals surface area contributed by atoms with Crippen molar-refractivity contribution < 1.29 is 4.57 Å². The van der Waals surface area contributed by atoms with Crippen LogP contribution in [0.15, 0.2) is 176 Å². The van der Waals surface area contributed by atoms with Crippen LogP contribution >= 0.6 is 7.14 Å². The minimum Gasteiger partial charge on any atom is -0.309 e. The summed E-state index contributed by atoms with van der Waals surface area (Å²) in [6.45, 7) is 0. The molecule has 2 aromatic heterocycles. The third-order valence-corrected chi connectivity index (χ3v) is 13.2. The maximum absolute atomic E-state index is 16.6. The summed E-state index contributed by atoms with van der Waals surface area (Å²) in [5, 5.41) is 13.6. The fourth-order valence-corrected chi connectivity index (χ4v) is 10.7. The van der Waals surface area contributed by atoms with Gasteiger partial charge in [-0.15, -0.1) is 0 Å². The quantitative estimate of drug-likeness (QED) is 0.137. The van der Waals surface area contributed by atoms with Crippen molar-refractivity contribution >= 4 is 76.9 Å². The van der Waals surface area contributed by atoms with E-state index in [1.54, 1.807) is 0 Å². The van der Waals surface area contributed by atoms with Gasteiger partial charge in [0.2, 0.25) is 0 Å². The molecule has 4 heteroatoms. The van der Waals surface area contributed by atoms with E-state index in [0.29, 0.717) is 0 Å². The number of hydrogen-bond acceptors (Lipinski definition) is 3. The average molecular weight is 657 g/mol. The van der Waals surface area contributed by atoms with Gasteiger partial charge in [0.25, 0.3) is 0 Å². The second-order valence-corrected chi connectivity index (χ2v) is 15.6. The fourth-order valence-electron chi connectivity index (χ4n) is 7.82. The minimum absolute atomic E-state index is 0.766. The number of nitrogens with zero attached hydrogens (tertiary/aromatic N) is 2. The largest absolute Gasteiger partial charge is 0.309 e. The first-order chi connectivity index (χ1) is 24.7. The molecule has 0 spiro atoms. The lowest BCUT2D eigenvalue weighted by atomic mass is 9.94. The van der Waals surface area contributed by atoms with Crippen molar-refractivity contribution in [3.8, 4) is 22.5 Å². The second kappa shape index (κ2) is 11.2. The van der Waals surface area contributed by atoms with Crippen LogP contribution in [0.4, 0.5) is 0 Å². The standard InChI is InChI=1S/C46H29N2OP/c49-50(37-14-6-12-35(28-37)45-39-16-3-1-8-30(39)24-26-47-45,38-15-7-13-36(29-38)46-40-17-4-2-9-31(40)25-27-48-46)42-23-21-34-19-18-32-10-5-11-33-20-22-41(42)44(34)43(32)33/h1-29H. The highest BCUT2D eigenvalue weighted by molar-refractivity contribution is 7.85. The number of pyridine rings is 2. The Morgan fingerprint density at radius 3 is 1.46 bits per heavy atom. The monoisotopic (exact) mass is 656 g/mol. The molecule has 10 rings (SSSR count). The van der Waals surface area contributed by atoms with Gasteiger partial charge in [0.1, 0.15) is 0 Å². The van der Waals surface area contributed by atoms with Crippen molar-refractivity contribution in [3.63, 3.8) is 0 Å². The van der Waals surface area contributed by atoms with Gasteiger partial charge in [-0.1, -0.05) is 133 Å². The van der Waals surface area contributed by atoms with Gasteiger partial charge in [-0.05, 0) is 73.4 Å². The van der Waals surface area contributed by atoms with Crippen molar-refractivity contribution in [1.29, 1.82) is 0 Å². The van der Waals surface area contributed by atoms with E-state index in [2.05, 4.69) is 103 Å². The van der Waals surface area contributed by atoms with E-state index in [-0.39, 0.29) is 0 Å². The Hall–Kier alpha value is -6.15. The Labute approximate surface area is 289 Å². The van der Waals surface area contributed by atoms with Crippen LogP contribution < -0.4 is 15.9 Å². The highest BCUT2D eigenvalue weighted by Crippen LogP contribution is 2.48. The molecule has 50 heavy (non-hydrogen) atoms. The van der Waals surface area contributed by atoms with Crippen LogP contribution in [0.5, 0.6) is 0 Å². The third kappa shape index (κ3) is 4.34.